The molecule has 3 rings (SSSR count). The molecule has 1 aliphatic heterocycles. The first-order chi connectivity index (χ1) is 13.2. The summed E-state index contributed by atoms with van der Waals surface area (Å²) in [6, 6.07) is 6.59. The Labute approximate surface area is 159 Å². The third-order valence-electron chi connectivity index (χ3n) is 4.86. The Morgan fingerprint density at radius 3 is 2.43 bits per heavy atom. The zero-order chi connectivity index (χ0) is 20.3. The van der Waals surface area contributed by atoms with Gasteiger partial charge in [-0.25, -0.2) is 14.4 Å². The number of nitrogens with one attached hydrogen (secondary N) is 1. The van der Waals surface area contributed by atoms with Crippen molar-refractivity contribution in [2.24, 2.45) is 5.92 Å². The second kappa shape index (κ2) is 8.12. The van der Waals surface area contributed by atoms with Crippen molar-refractivity contribution in [1.29, 1.82) is 0 Å². The topological polar surface area (TPSA) is 58.1 Å². The van der Waals surface area contributed by atoms with Crippen LogP contribution in [0.3, 0.4) is 0 Å². The number of nitrogens with zero attached hydrogens (tertiary/aromatic N) is 3. The van der Waals surface area contributed by atoms with Crippen molar-refractivity contribution in [3.8, 4) is 0 Å². The maximum absolute atomic E-state index is 13.0. The van der Waals surface area contributed by atoms with Gasteiger partial charge >= 0.3 is 6.18 Å². The number of carbonyl (C=O) groups excluding carboxylic acids is 1. The van der Waals surface area contributed by atoms with Gasteiger partial charge in [-0.3, -0.25) is 4.79 Å². The lowest BCUT2D eigenvalue weighted by atomic mass is 9.95. The molecule has 1 N–H and O–H groups in total. The summed E-state index contributed by atoms with van der Waals surface area (Å²) in [6.45, 7) is 2.68. The molecular formula is C19H20F4N4O. The van der Waals surface area contributed by atoms with E-state index in [1.54, 1.807) is 17.0 Å². The summed E-state index contributed by atoms with van der Waals surface area (Å²) in [4.78, 5) is 21.4. The molecule has 28 heavy (non-hydrogen) atoms. The van der Waals surface area contributed by atoms with Crippen LogP contribution in [0.15, 0.2) is 36.7 Å². The van der Waals surface area contributed by atoms with Gasteiger partial charge in [0.25, 0.3) is 0 Å². The summed E-state index contributed by atoms with van der Waals surface area (Å²) in [7, 11) is 0. The lowest BCUT2D eigenvalue weighted by Gasteiger charge is -2.32. The fourth-order valence-corrected chi connectivity index (χ4v) is 3.21. The van der Waals surface area contributed by atoms with E-state index >= 15 is 0 Å². The molecule has 1 aromatic heterocycles. The summed E-state index contributed by atoms with van der Waals surface area (Å²) in [6.07, 6.45) is -2.60. The third-order valence-corrected chi connectivity index (χ3v) is 4.86. The quantitative estimate of drug-likeness (QED) is 0.801. The highest BCUT2D eigenvalue weighted by atomic mass is 19.4. The zero-order valence-electron chi connectivity index (χ0n) is 15.2. The standard InChI is InChI=1S/C19H20F4N4O/c1-12(13-2-4-15(20)5-3-13)26-18(28)14-6-8-27(9-7-14)17-10-16(19(21,22)23)24-11-25-17/h2-5,10-12,14H,6-9H2,1H3,(H,26,28). The third kappa shape index (κ3) is 4.76. The molecule has 9 heteroatoms. The minimum absolute atomic E-state index is 0.116. The molecule has 2 aromatic rings. The SMILES string of the molecule is CC(NC(=O)C1CCN(c2cc(C(F)(F)F)ncn2)CC1)c1ccc(F)cc1. The van der Waals surface area contributed by atoms with E-state index in [1.807, 2.05) is 6.92 Å². The summed E-state index contributed by atoms with van der Waals surface area (Å²) >= 11 is 0. The lowest BCUT2D eigenvalue weighted by molar-refractivity contribution is -0.141. The van der Waals surface area contributed by atoms with Gasteiger partial charge in [0.2, 0.25) is 5.91 Å². The first kappa shape index (κ1) is 20.0. The molecule has 1 fully saturated rings. The Morgan fingerprint density at radius 1 is 1.18 bits per heavy atom. The molecule has 0 aliphatic carbocycles. The molecule has 5 nitrogen and oxygen atoms in total. The minimum Gasteiger partial charge on any atom is -0.356 e. The predicted molar refractivity (Wildman–Crippen MR) is 94.9 cm³/mol. The molecule has 0 saturated carbocycles. The number of carbonyl (C=O) groups is 1. The van der Waals surface area contributed by atoms with Crippen molar-refractivity contribution >= 4 is 11.7 Å². The highest BCUT2D eigenvalue weighted by Gasteiger charge is 2.34. The highest BCUT2D eigenvalue weighted by molar-refractivity contribution is 5.79. The number of aromatic nitrogens is 2. The maximum Gasteiger partial charge on any atom is 0.433 e. The molecular weight excluding hydrogens is 376 g/mol. The Bertz CT molecular complexity index is 817. The Hall–Kier alpha value is -2.71. The molecule has 1 unspecified atom stereocenters. The molecule has 1 atom stereocenters. The Balaban J connectivity index is 1.56. The van der Waals surface area contributed by atoms with Gasteiger partial charge < -0.3 is 10.2 Å². The maximum atomic E-state index is 13.0. The number of piperidine rings is 1. The monoisotopic (exact) mass is 396 g/mol. The number of halogens is 4. The molecule has 1 aliphatic rings. The van der Waals surface area contributed by atoms with Crippen molar-refractivity contribution in [1.82, 2.24) is 15.3 Å². The average molecular weight is 396 g/mol. The first-order valence-corrected chi connectivity index (χ1v) is 8.94. The molecule has 1 aromatic carbocycles. The summed E-state index contributed by atoms with van der Waals surface area (Å²) < 4.78 is 51.4. The summed E-state index contributed by atoms with van der Waals surface area (Å²) in [5, 5.41) is 2.91. The van der Waals surface area contributed by atoms with E-state index in [2.05, 4.69) is 15.3 Å². The van der Waals surface area contributed by atoms with Gasteiger partial charge in [0, 0.05) is 25.1 Å². The van der Waals surface area contributed by atoms with Crippen molar-refractivity contribution < 1.29 is 22.4 Å². The van der Waals surface area contributed by atoms with Gasteiger partial charge in [0.1, 0.15) is 23.7 Å². The van der Waals surface area contributed by atoms with Gasteiger partial charge in [-0.2, -0.15) is 13.2 Å². The van der Waals surface area contributed by atoms with Crippen molar-refractivity contribution in [3.63, 3.8) is 0 Å². The summed E-state index contributed by atoms with van der Waals surface area (Å²) in [5.74, 6) is -0.480. The van der Waals surface area contributed by atoms with Crippen LogP contribution in [0.2, 0.25) is 0 Å². The van der Waals surface area contributed by atoms with Crippen LogP contribution < -0.4 is 10.2 Å². The Kier molecular flexibility index (Phi) is 5.81. The van der Waals surface area contributed by atoms with Crippen LogP contribution in [-0.4, -0.2) is 29.0 Å². The second-order valence-electron chi connectivity index (χ2n) is 6.80. The molecule has 1 saturated heterocycles. The fraction of sp³-hybridized carbons (Fsp3) is 0.421. The van der Waals surface area contributed by atoms with E-state index in [0.717, 1.165) is 18.0 Å². The molecule has 150 valence electrons. The van der Waals surface area contributed by atoms with E-state index in [0.29, 0.717) is 25.9 Å². The van der Waals surface area contributed by atoms with Crippen LogP contribution in [0.4, 0.5) is 23.4 Å². The second-order valence-corrected chi connectivity index (χ2v) is 6.80. The number of hydrogen-bond acceptors (Lipinski definition) is 4. The van der Waals surface area contributed by atoms with E-state index < -0.39 is 11.9 Å². The first-order valence-electron chi connectivity index (χ1n) is 8.94. The van der Waals surface area contributed by atoms with E-state index in [1.165, 1.54) is 12.1 Å². The molecule has 0 spiro atoms. The number of alkyl halides is 3. The average Bonchev–Trinajstić information content (AvgIpc) is 2.68. The number of benzene rings is 1. The number of hydrogen-bond donors (Lipinski definition) is 1. The van der Waals surface area contributed by atoms with Crippen LogP contribution >= 0.6 is 0 Å². The van der Waals surface area contributed by atoms with E-state index in [4.69, 9.17) is 0 Å². The number of rotatable bonds is 4. The number of amides is 1. The van der Waals surface area contributed by atoms with Crippen molar-refractivity contribution in [3.05, 3.63) is 53.7 Å². The van der Waals surface area contributed by atoms with Crippen LogP contribution in [0.1, 0.15) is 37.1 Å². The molecule has 2 heterocycles. The van der Waals surface area contributed by atoms with E-state index in [-0.39, 0.29) is 29.5 Å². The van der Waals surface area contributed by atoms with Crippen LogP contribution in [0.5, 0.6) is 0 Å². The normalized spacial score (nSPS) is 16.7. The number of anilines is 1. The van der Waals surface area contributed by atoms with Crippen LogP contribution in [0, 0.1) is 11.7 Å². The van der Waals surface area contributed by atoms with Gasteiger partial charge in [0.05, 0.1) is 6.04 Å². The molecule has 0 bridgehead atoms. The predicted octanol–water partition coefficient (Wildman–Crippen LogP) is 3.73. The summed E-state index contributed by atoms with van der Waals surface area (Å²) in [5.41, 5.74) is -0.182. The van der Waals surface area contributed by atoms with Gasteiger partial charge in [0.15, 0.2) is 0 Å². The minimum atomic E-state index is -4.52. The molecule has 0 radical (unpaired) electrons. The van der Waals surface area contributed by atoms with Gasteiger partial charge in [-0.05, 0) is 37.5 Å². The van der Waals surface area contributed by atoms with Crippen LogP contribution in [-0.2, 0) is 11.0 Å². The zero-order valence-corrected chi connectivity index (χ0v) is 15.2. The highest BCUT2D eigenvalue weighted by Crippen LogP contribution is 2.30. The Morgan fingerprint density at radius 2 is 1.82 bits per heavy atom. The van der Waals surface area contributed by atoms with Gasteiger partial charge in [-0.15, -0.1) is 0 Å². The molecule has 1 amide bonds. The van der Waals surface area contributed by atoms with E-state index in [9.17, 15) is 22.4 Å². The fourth-order valence-electron chi connectivity index (χ4n) is 3.21. The lowest BCUT2D eigenvalue weighted by Crippen LogP contribution is -2.41. The van der Waals surface area contributed by atoms with Crippen molar-refractivity contribution in [2.45, 2.75) is 32.0 Å². The van der Waals surface area contributed by atoms with Crippen molar-refractivity contribution in [2.75, 3.05) is 18.0 Å². The smallest absolute Gasteiger partial charge is 0.356 e. The van der Waals surface area contributed by atoms with Gasteiger partial charge in [-0.1, -0.05) is 12.1 Å². The van der Waals surface area contributed by atoms with Crippen LogP contribution in [0.25, 0.3) is 0 Å². The largest absolute Gasteiger partial charge is 0.433 e.